The summed E-state index contributed by atoms with van der Waals surface area (Å²) in [5.41, 5.74) is 8.46. The van der Waals surface area contributed by atoms with Crippen LogP contribution in [0, 0.1) is 12.3 Å². The summed E-state index contributed by atoms with van der Waals surface area (Å²) in [7, 11) is 0. The third-order valence-corrected chi connectivity index (χ3v) is 8.75. The van der Waals surface area contributed by atoms with Gasteiger partial charge in [-0.2, -0.15) is 0 Å². The van der Waals surface area contributed by atoms with Crippen LogP contribution in [0.4, 0.5) is 5.69 Å². The van der Waals surface area contributed by atoms with Crippen molar-refractivity contribution in [2.75, 3.05) is 18.4 Å². The van der Waals surface area contributed by atoms with Gasteiger partial charge in [0.15, 0.2) is 0 Å². The van der Waals surface area contributed by atoms with Crippen LogP contribution in [0.15, 0.2) is 66.3 Å². The molecule has 2 aromatic rings. The standard InChI is InChI=1S/C33H39ClN2O/c1-4-25-20-27(34)12-14-31(25)35-22-28-21-33(15-16-33)17-18-36(28)32(37)30-19-24(3)10-13-29(30)26-8-6-5-7-23(2)9-11-26/h5-8,10,12-14,19-20,28,35H,4,9,11,15-18,21-22H2,1-3H3. The summed E-state index contributed by atoms with van der Waals surface area (Å²) >= 11 is 6.25. The molecule has 1 unspecified atom stereocenters. The Morgan fingerprint density at radius 1 is 1.05 bits per heavy atom. The molecule has 1 N–H and O–H groups in total. The summed E-state index contributed by atoms with van der Waals surface area (Å²) in [6, 6.07) is 12.6. The van der Waals surface area contributed by atoms with Gasteiger partial charge in [-0.15, -0.1) is 0 Å². The summed E-state index contributed by atoms with van der Waals surface area (Å²) in [4.78, 5) is 16.4. The van der Waals surface area contributed by atoms with Crippen LogP contribution >= 0.6 is 11.6 Å². The first-order valence-electron chi connectivity index (χ1n) is 13.8. The molecule has 194 valence electrons. The maximum absolute atomic E-state index is 14.3. The minimum Gasteiger partial charge on any atom is -0.383 e. The normalized spacial score (nSPS) is 20.6. The van der Waals surface area contributed by atoms with E-state index < -0.39 is 0 Å². The predicted octanol–water partition coefficient (Wildman–Crippen LogP) is 8.39. The lowest BCUT2D eigenvalue weighted by molar-refractivity contribution is 0.0545. The highest BCUT2D eigenvalue weighted by Crippen LogP contribution is 2.55. The number of nitrogens with zero attached hydrogens (tertiary/aromatic N) is 1. The second-order valence-corrected chi connectivity index (χ2v) is 11.7. The van der Waals surface area contributed by atoms with E-state index in [1.54, 1.807) is 0 Å². The molecule has 0 bridgehead atoms. The number of benzene rings is 2. The van der Waals surface area contributed by atoms with Gasteiger partial charge in [-0.05, 0) is 105 Å². The van der Waals surface area contributed by atoms with E-state index in [1.165, 1.54) is 29.6 Å². The smallest absolute Gasteiger partial charge is 0.254 e. The summed E-state index contributed by atoms with van der Waals surface area (Å²) in [5.74, 6) is 0.173. The highest BCUT2D eigenvalue weighted by molar-refractivity contribution is 6.30. The van der Waals surface area contributed by atoms with Crippen LogP contribution in [-0.2, 0) is 6.42 Å². The van der Waals surface area contributed by atoms with Crippen molar-refractivity contribution in [2.45, 2.75) is 71.8 Å². The number of piperidine rings is 1. The molecule has 4 heteroatoms. The topological polar surface area (TPSA) is 32.3 Å². The quantitative estimate of drug-likeness (QED) is 0.419. The minimum absolute atomic E-state index is 0.173. The van der Waals surface area contributed by atoms with Crippen LogP contribution in [-0.4, -0.2) is 29.9 Å². The molecule has 2 aliphatic carbocycles. The lowest BCUT2D eigenvalue weighted by atomic mass is 9.86. The zero-order valence-electron chi connectivity index (χ0n) is 22.4. The molecule has 5 rings (SSSR count). The van der Waals surface area contributed by atoms with Gasteiger partial charge in [0.2, 0.25) is 0 Å². The van der Waals surface area contributed by atoms with Gasteiger partial charge in [-0.1, -0.05) is 66.1 Å². The van der Waals surface area contributed by atoms with Gasteiger partial charge < -0.3 is 10.2 Å². The van der Waals surface area contributed by atoms with Crippen LogP contribution < -0.4 is 5.32 Å². The largest absolute Gasteiger partial charge is 0.383 e. The Labute approximate surface area is 227 Å². The van der Waals surface area contributed by atoms with E-state index in [2.05, 4.69) is 79.6 Å². The second kappa shape index (κ2) is 10.9. The highest BCUT2D eigenvalue weighted by Gasteiger charge is 2.49. The van der Waals surface area contributed by atoms with Crippen molar-refractivity contribution in [3.05, 3.63) is 93.6 Å². The average Bonchev–Trinajstić information content (AvgIpc) is 3.64. The van der Waals surface area contributed by atoms with Crippen molar-refractivity contribution in [1.29, 1.82) is 0 Å². The number of aryl methyl sites for hydroxylation is 2. The molecule has 1 saturated carbocycles. The lowest BCUT2D eigenvalue weighted by Gasteiger charge is -2.40. The van der Waals surface area contributed by atoms with E-state index in [0.29, 0.717) is 5.41 Å². The van der Waals surface area contributed by atoms with Gasteiger partial charge >= 0.3 is 0 Å². The van der Waals surface area contributed by atoms with E-state index in [9.17, 15) is 4.79 Å². The molecule has 0 radical (unpaired) electrons. The number of carbonyl (C=O) groups is 1. The third-order valence-electron chi connectivity index (χ3n) is 8.52. The fourth-order valence-electron chi connectivity index (χ4n) is 5.97. The number of allylic oxidation sites excluding steroid dienone is 6. The van der Waals surface area contributed by atoms with Gasteiger partial charge in [0.05, 0.1) is 0 Å². The fourth-order valence-corrected chi connectivity index (χ4v) is 6.17. The first-order chi connectivity index (χ1) is 17.9. The maximum atomic E-state index is 14.3. The summed E-state index contributed by atoms with van der Waals surface area (Å²) in [6.45, 7) is 8.01. The van der Waals surface area contributed by atoms with Gasteiger partial charge in [-0.25, -0.2) is 0 Å². The van der Waals surface area contributed by atoms with E-state index in [1.807, 2.05) is 12.1 Å². The number of hydrogen-bond acceptors (Lipinski definition) is 2. The molecule has 2 aromatic carbocycles. The maximum Gasteiger partial charge on any atom is 0.254 e. The molecule has 1 aliphatic heterocycles. The zero-order valence-corrected chi connectivity index (χ0v) is 23.2. The van der Waals surface area contributed by atoms with Crippen molar-refractivity contribution in [3.8, 4) is 0 Å². The molecule has 1 heterocycles. The molecule has 1 atom stereocenters. The Morgan fingerprint density at radius 2 is 1.86 bits per heavy atom. The molecule has 1 saturated heterocycles. The first-order valence-corrected chi connectivity index (χ1v) is 14.2. The third kappa shape index (κ3) is 5.88. The van der Waals surface area contributed by atoms with E-state index in [-0.39, 0.29) is 11.9 Å². The average molecular weight is 515 g/mol. The molecular weight excluding hydrogens is 476 g/mol. The summed E-state index contributed by atoms with van der Waals surface area (Å²) < 4.78 is 0. The SMILES string of the molecule is CCc1cc(Cl)ccc1NCC1CC2(CCN1C(=O)c1cc(C)ccc1C1=CC=CC=C(C)CC1)CC2. The Kier molecular flexibility index (Phi) is 7.62. The Balaban J connectivity index is 1.42. The second-order valence-electron chi connectivity index (χ2n) is 11.3. The Morgan fingerprint density at radius 3 is 2.65 bits per heavy atom. The number of nitrogens with one attached hydrogen (secondary N) is 1. The van der Waals surface area contributed by atoms with E-state index in [0.717, 1.165) is 72.6 Å². The van der Waals surface area contributed by atoms with Crippen molar-refractivity contribution < 1.29 is 4.79 Å². The monoisotopic (exact) mass is 514 g/mol. The fraction of sp³-hybridized carbons (Fsp3) is 0.424. The van der Waals surface area contributed by atoms with Crippen LogP contribution in [0.1, 0.15) is 79.4 Å². The number of rotatable bonds is 6. The number of amides is 1. The van der Waals surface area contributed by atoms with Crippen molar-refractivity contribution >= 4 is 28.8 Å². The number of hydrogen-bond donors (Lipinski definition) is 1. The molecule has 1 spiro atoms. The Hall–Kier alpha value is -2.78. The molecule has 2 fully saturated rings. The van der Waals surface area contributed by atoms with Crippen molar-refractivity contribution in [3.63, 3.8) is 0 Å². The lowest BCUT2D eigenvalue weighted by Crippen LogP contribution is -2.50. The Bertz CT molecular complexity index is 1270. The number of likely N-dealkylation sites (tertiary alicyclic amines) is 1. The number of carbonyl (C=O) groups excluding carboxylic acids is 1. The van der Waals surface area contributed by atoms with Crippen LogP contribution in [0.3, 0.4) is 0 Å². The summed E-state index contributed by atoms with van der Waals surface area (Å²) in [6.07, 6.45) is 16.3. The van der Waals surface area contributed by atoms with E-state index >= 15 is 0 Å². The first kappa shape index (κ1) is 25.9. The summed E-state index contributed by atoms with van der Waals surface area (Å²) in [5, 5.41) is 4.46. The van der Waals surface area contributed by atoms with Crippen LogP contribution in [0.25, 0.3) is 5.57 Å². The molecule has 3 nitrogen and oxygen atoms in total. The molecule has 37 heavy (non-hydrogen) atoms. The van der Waals surface area contributed by atoms with Crippen LogP contribution in [0.5, 0.6) is 0 Å². The van der Waals surface area contributed by atoms with Crippen LogP contribution in [0.2, 0.25) is 5.02 Å². The van der Waals surface area contributed by atoms with Crippen molar-refractivity contribution in [1.82, 2.24) is 4.90 Å². The predicted molar refractivity (Wildman–Crippen MR) is 156 cm³/mol. The molecular formula is C33H39ClN2O. The van der Waals surface area contributed by atoms with Gasteiger partial charge in [0.1, 0.15) is 0 Å². The number of halogens is 1. The number of anilines is 1. The zero-order chi connectivity index (χ0) is 26.0. The molecule has 3 aliphatic rings. The molecule has 0 aromatic heterocycles. The van der Waals surface area contributed by atoms with Gasteiger partial charge in [-0.3, -0.25) is 4.79 Å². The van der Waals surface area contributed by atoms with Gasteiger partial charge in [0, 0.05) is 35.4 Å². The molecule has 1 amide bonds. The van der Waals surface area contributed by atoms with Gasteiger partial charge in [0.25, 0.3) is 5.91 Å². The minimum atomic E-state index is 0.173. The highest BCUT2D eigenvalue weighted by atomic mass is 35.5. The van der Waals surface area contributed by atoms with Crippen molar-refractivity contribution in [2.24, 2.45) is 5.41 Å². The van der Waals surface area contributed by atoms with E-state index in [4.69, 9.17) is 11.6 Å².